The first-order chi connectivity index (χ1) is 14.6. The van der Waals surface area contributed by atoms with Gasteiger partial charge in [0, 0.05) is 30.0 Å². The van der Waals surface area contributed by atoms with Gasteiger partial charge in [-0.1, -0.05) is 42.5 Å². The number of nitrogens with zero attached hydrogens (tertiary/aromatic N) is 1. The lowest BCUT2D eigenvalue weighted by molar-refractivity contribution is -0.114. The van der Waals surface area contributed by atoms with E-state index in [1.54, 1.807) is 29.2 Å². The highest BCUT2D eigenvalue weighted by molar-refractivity contribution is 5.96. The molecule has 5 heteroatoms. The normalized spacial score (nSPS) is 10.3. The van der Waals surface area contributed by atoms with Crippen LogP contribution in [0.4, 0.5) is 11.4 Å². The molecular formula is C25H27N3O2. The fourth-order valence-corrected chi connectivity index (χ4v) is 3.19. The Morgan fingerprint density at radius 1 is 0.733 bits per heavy atom. The molecule has 5 nitrogen and oxygen atoms in total. The van der Waals surface area contributed by atoms with Gasteiger partial charge in [0.25, 0.3) is 5.91 Å². The number of carbonyl (C=O) groups is 2. The zero-order valence-corrected chi connectivity index (χ0v) is 17.4. The molecule has 30 heavy (non-hydrogen) atoms. The second-order valence-electron chi connectivity index (χ2n) is 6.90. The molecule has 2 amide bonds. The summed E-state index contributed by atoms with van der Waals surface area (Å²) >= 11 is 0. The predicted molar refractivity (Wildman–Crippen MR) is 123 cm³/mol. The number of carbonyl (C=O) groups excluding carboxylic acids is 2. The number of nitrogens with one attached hydrogen (secondary N) is 2. The zero-order valence-electron chi connectivity index (χ0n) is 17.4. The maximum atomic E-state index is 12.3. The average Bonchev–Trinajstić information content (AvgIpc) is 2.80. The molecular weight excluding hydrogens is 374 g/mol. The van der Waals surface area contributed by atoms with Gasteiger partial charge in [-0.2, -0.15) is 0 Å². The van der Waals surface area contributed by atoms with Crippen molar-refractivity contribution < 1.29 is 9.59 Å². The number of amides is 2. The van der Waals surface area contributed by atoms with Crippen LogP contribution in [0.25, 0.3) is 11.1 Å². The molecule has 0 spiro atoms. The highest BCUT2D eigenvalue weighted by atomic mass is 16.2. The number of hydrogen-bond acceptors (Lipinski definition) is 3. The van der Waals surface area contributed by atoms with Crippen LogP contribution in [-0.4, -0.2) is 36.3 Å². The van der Waals surface area contributed by atoms with Crippen LogP contribution in [0.3, 0.4) is 0 Å². The lowest BCUT2D eigenvalue weighted by Gasteiger charge is -2.18. The smallest absolute Gasteiger partial charge is 0.253 e. The van der Waals surface area contributed by atoms with E-state index in [-0.39, 0.29) is 18.4 Å². The van der Waals surface area contributed by atoms with E-state index >= 15 is 0 Å². The topological polar surface area (TPSA) is 61.4 Å². The summed E-state index contributed by atoms with van der Waals surface area (Å²) in [5.41, 5.74) is 4.45. The standard InChI is InChI=1S/C25H27N3O2/c1-3-28(4-2)25(30)21-12-16-23(17-13-21)27-24(29)18-26-22-14-10-20(11-15-22)19-8-6-5-7-9-19/h5-17,26H,3-4,18H2,1-2H3,(H,27,29). The molecule has 3 aromatic rings. The van der Waals surface area contributed by atoms with Crippen molar-refractivity contribution in [2.75, 3.05) is 30.3 Å². The minimum Gasteiger partial charge on any atom is -0.376 e. The van der Waals surface area contributed by atoms with Crippen molar-refractivity contribution in [2.45, 2.75) is 13.8 Å². The summed E-state index contributed by atoms with van der Waals surface area (Å²) in [6.45, 7) is 5.42. The fraction of sp³-hybridized carbons (Fsp3) is 0.200. The Bertz CT molecular complexity index is 964. The van der Waals surface area contributed by atoms with Crippen molar-refractivity contribution in [3.8, 4) is 11.1 Å². The molecule has 0 heterocycles. The van der Waals surface area contributed by atoms with E-state index in [9.17, 15) is 9.59 Å². The van der Waals surface area contributed by atoms with Crippen molar-refractivity contribution >= 4 is 23.2 Å². The highest BCUT2D eigenvalue weighted by Gasteiger charge is 2.12. The van der Waals surface area contributed by atoms with Crippen LogP contribution in [0.15, 0.2) is 78.9 Å². The van der Waals surface area contributed by atoms with E-state index in [1.807, 2.05) is 56.3 Å². The summed E-state index contributed by atoms with van der Waals surface area (Å²) in [4.78, 5) is 26.4. The number of rotatable bonds is 8. The molecule has 0 atom stereocenters. The first-order valence-corrected chi connectivity index (χ1v) is 10.2. The molecule has 0 aliphatic rings. The predicted octanol–water partition coefficient (Wildman–Crippen LogP) is 4.89. The largest absolute Gasteiger partial charge is 0.376 e. The Morgan fingerprint density at radius 2 is 1.30 bits per heavy atom. The van der Waals surface area contributed by atoms with Gasteiger partial charge in [0.15, 0.2) is 0 Å². The van der Waals surface area contributed by atoms with E-state index in [0.717, 1.165) is 16.8 Å². The summed E-state index contributed by atoms with van der Waals surface area (Å²) in [6, 6.07) is 25.1. The molecule has 154 valence electrons. The van der Waals surface area contributed by atoms with Gasteiger partial charge < -0.3 is 15.5 Å². The minimum absolute atomic E-state index is 0.00140. The van der Waals surface area contributed by atoms with Crippen molar-refractivity contribution in [1.29, 1.82) is 0 Å². The second-order valence-corrected chi connectivity index (χ2v) is 6.90. The molecule has 0 fully saturated rings. The van der Waals surface area contributed by atoms with Gasteiger partial charge in [-0.3, -0.25) is 9.59 Å². The molecule has 0 aromatic heterocycles. The van der Waals surface area contributed by atoms with Crippen LogP contribution in [0.5, 0.6) is 0 Å². The third-order valence-corrected chi connectivity index (χ3v) is 4.91. The van der Waals surface area contributed by atoms with Crippen LogP contribution in [-0.2, 0) is 4.79 Å². The molecule has 0 unspecified atom stereocenters. The molecule has 0 saturated carbocycles. The van der Waals surface area contributed by atoms with Crippen LogP contribution in [0, 0.1) is 0 Å². The van der Waals surface area contributed by atoms with E-state index in [2.05, 4.69) is 22.8 Å². The summed E-state index contributed by atoms with van der Waals surface area (Å²) in [5.74, 6) is -0.150. The third kappa shape index (κ3) is 5.47. The summed E-state index contributed by atoms with van der Waals surface area (Å²) in [5, 5.41) is 5.98. The lowest BCUT2D eigenvalue weighted by Crippen LogP contribution is -2.30. The van der Waals surface area contributed by atoms with Crippen LogP contribution in [0.2, 0.25) is 0 Å². The van der Waals surface area contributed by atoms with Gasteiger partial charge >= 0.3 is 0 Å². The molecule has 0 radical (unpaired) electrons. The van der Waals surface area contributed by atoms with Gasteiger partial charge in [0.1, 0.15) is 0 Å². The Balaban J connectivity index is 1.51. The molecule has 0 saturated heterocycles. The van der Waals surface area contributed by atoms with Gasteiger partial charge in [-0.25, -0.2) is 0 Å². The van der Waals surface area contributed by atoms with E-state index in [4.69, 9.17) is 0 Å². The maximum Gasteiger partial charge on any atom is 0.253 e. The van der Waals surface area contributed by atoms with Crippen molar-refractivity contribution in [2.24, 2.45) is 0 Å². The molecule has 0 aliphatic heterocycles. The molecule has 2 N–H and O–H groups in total. The molecule has 0 aliphatic carbocycles. The van der Waals surface area contributed by atoms with E-state index in [0.29, 0.717) is 24.3 Å². The van der Waals surface area contributed by atoms with Crippen molar-refractivity contribution in [3.63, 3.8) is 0 Å². The van der Waals surface area contributed by atoms with Crippen LogP contribution >= 0.6 is 0 Å². The SMILES string of the molecule is CCN(CC)C(=O)c1ccc(NC(=O)CNc2ccc(-c3ccccc3)cc2)cc1. The van der Waals surface area contributed by atoms with Crippen molar-refractivity contribution in [1.82, 2.24) is 4.90 Å². The summed E-state index contributed by atoms with van der Waals surface area (Å²) in [6.07, 6.45) is 0. The molecule has 3 aromatic carbocycles. The van der Waals surface area contributed by atoms with Gasteiger partial charge in [-0.15, -0.1) is 0 Å². The Kier molecular flexibility index (Phi) is 7.22. The Morgan fingerprint density at radius 3 is 1.90 bits per heavy atom. The zero-order chi connectivity index (χ0) is 21.3. The van der Waals surface area contributed by atoms with Gasteiger partial charge in [0.2, 0.25) is 5.91 Å². The van der Waals surface area contributed by atoms with Crippen molar-refractivity contribution in [3.05, 3.63) is 84.4 Å². The lowest BCUT2D eigenvalue weighted by atomic mass is 10.1. The summed E-state index contributed by atoms with van der Waals surface area (Å²) in [7, 11) is 0. The van der Waals surface area contributed by atoms with Gasteiger partial charge in [-0.05, 0) is 61.4 Å². The van der Waals surface area contributed by atoms with E-state index < -0.39 is 0 Å². The Labute approximate surface area is 177 Å². The first kappa shape index (κ1) is 21.1. The quantitative estimate of drug-likeness (QED) is 0.565. The maximum absolute atomic E-state index is 12.3. The second kappa shape index (κ2) is 10.3. The Hall–Kier alpha value is -3.60. The van der Waals surface area contributed by atoms with Crippen LogP contribution in [0.1, 0.15) is 24.2 Å². The molecule has 0 bridgehead atoms. The highest BCUT2D eigenvalue weighted by Crippen LogP contribution is 2.21. The van der Waals surface area contributed by atoms with Gasteiger partial charge in [0.05, 0.1) is 6.54 Å². The summed E-state index contributed by atoms with van der Waals surface area (Å²) < 4.78 is 0. The third-order valence-electron chi connectivity index (χ3n) is 4.91. The first-order valence-electron chi connectivity index (χ1n) is 10.2. The fourth-order valence-electron chi connectivity index (χ4n) is 3.19. The number of benzene rings is 3. The minimum atomic E-state index is -0.148. The average molecular weight is 402 g/mol. The molecule has 3 rings (SSSR count). The number of anilines is 2. The monoisotopic (exact) mass is 401 g/mol. The van der Waals surface area contributed by atoms with Crippen LogP contribution < -0.4 is 10.6 Å². The van der Waals surface area contributed by atoms with E-state index in [1.165, 1.54) is 0 Å². The number of hydrogen-bond donors (Lipinski definition) is 2.